The van der Waals surface area contributed by atoms with Crippen LogP contribution in [0.3, 0.4) is 0 Å². The Kier molecular flexibility index (Phi) is 5.88. The van der Waals surface area contributed by atoms with Crippen molar-refractivity contribution in [3.8, 4) is 0 Å². The maximum Gasteiger partial charge on any atom is 0.224 e. The van der Waals surface area contributed by atoms with E-state index >= 15 is 0 Å². The van der Waals surface area contributed by atoms with Crippen molar-refractivity contribution in [3.05, 3.63) is 11.2 Å². The Hall–Kier alpha value is -1.07. The van der Waals surface area contributed by atoms with Crippen molar-refractivity contribution in [2.45, 2.75) is 19.8 Å². The number of nitrogens with one attached hydrogen (secondary N) is 2. The summed E-state index contributed by atoms with van der Waals surface area (Å²) in [5.41, 5.74) is 0. The number of nitrogens with zero attached hydrogens (tertiary/aromatic N) is 2. The SMILES string of the molecule is CCNc1ncc(Cl)c(NCCCCO)n1. The molecule has 1 heterocycles. The number of aromatic nitrogens is 2. The number of rotatable bonds is 7. The van der Waals surface area contributed by atoms with Crippen LogP contribution in [0.2, 0.25) is 5.02 Å². The van der Waals surface area contributed by atoms with Crippen LogP contribution in [0.1, 0.15) is 19.8 Å². The molecule has 1 aromatic rings. The molecule has 0 bridgehead atoms. The third-order valence-corrected chi connectivity index (χ3v) is 2.23. The molecule has 6 heteroatoms. The van der Waals surface area contributed by atoms with E-state index in [1.807, 2.05) is 6.92 Å². The van der Waals surface area contributed by atoms with E-state index < -0.39 is 0 Å². The molecule has 0 spiro atoms. The number of aliphatic hydroxyl groups is 1. The van der Waals surface area contributed by atoms with Gasteiger partial charge in [0.2, 0.25) is 5.95 Å². The first kappa shape index (κ1) is 13.0. The first-order valence-corrected chi connectivity index (χ1v) is 5.77. The molecule has 5 nitrogen and oxygen atoms in total. The van der Waals surface area contributed by atoms with Gasteiger partial charge in [0.15, 0.2) is 0 Å². The number of unbranched alkanes of at least 4 members (excludes halogenated alkanes) is 1. The molecule has 90 valence electrons. The summed E-state index contributed by atoms with van der Waals surface area (Å²) in [6.45, 7) is 3.70. The summed E-state index contributed by atoms with van der Waals surface area (Å²) in [4.78, 5) is 8.27. The zero-order valence-electron chi connectivity index (χ0n) is 9.33. The molecule has 0 amide bonds. The molecule has 3 N–H and O–H groups in total. The first-order chi connectivity index (χ1) is 7.77. The van der Waals surface area contributed by atoms with Crippen molar-refractivity contribution < 1.29 is 5.11 Å². The van der Waals surface area contributed by atoms with Crippen LogP contribution >= 0.6 is 11.6 Å². The standard InChI is InChI=1S/C10H17ClN4O/c1-2-12-10-14-7-8(11)9(15-10)13-5-3-4-6-16/h7,16H,2-6H2,1H3,(H2,12,13,14,15). The first-order valence-electron chi connectivity index (χ1n) is 5.39. The van der Waals surface area contributed by atoms with E-state index in [9.17, 15) is 0 Å². The lowest BCUT2D eigenvalue weighted by molar-refractivity contribution is 0.286. The molecule has 1 aromatic heterocycles. The molecule has 0 radical (unpaired) electrons. The summed E-state index contributed by atoms with van der Waals surface area (Å²) in [6, 6.07) is 0. The van der Waals surface area contributed by atoms with Crippen LogP contribution in [0.5, 0.6) is 0 Å². The van der Waals surface area contributed by atoms with Gasteiger partial charge in [0, 0.05) is 19.7 Å². The molecular weight excluding hydrogens is 228 g/mol. The predicted octanol–water partition coefficient (Wildman–Crippen LogP) is 1.75. The lowest BCUT2D eigenvalue weighted by Crippen LogP contribution is -2.08. The molecule has 0 atom stereocenters. The molecule has 0 fully saturated rings. The van der Waals surface area contributed by atoms with E-state index in [0.717, 1.165) is 25.9 Å². The van der Waals surface area contributed by atoms with Crippen LogP contribution < -0.4 is 10.6 Å². The molecule has 0 aliphatic carbocycles. The Labute approximate surface area is 100 Å². The third-order valence-electron chi connectivity index (χ3n) is 1.96. The Morgan fingerprint density at radius 2 is 2.19 bits per heavy atom. The molecule has 0 aliphatic rings. The summed E-state index contributed by atoms with van der Waals surface area (Å²) in [5.74, 6) is 1.20. The van der Waals surface area contributed by atoms with E-state index in [1.165, 1.54) is 0 Å². The molecule has 0 aromatic carbocycles. The fourth-order valence-corrected chi connectivity index (χ4v) is 1.34. The van der Waals surface area contributed by atoms with E-state index in [0.29, 0.717) is 16.8 Å². The number of anilines is 2. The van der Waals surface area contributed by atoms with E-state index in [1.54, 1.807) is 6.20 Å². The van der Waals surface area contributed by atoms with Crippen molar-refractivity contribution in [2.24, 2.45) is 0 Å². The smallest absolute Gasteiger partial charge is 0.224 e. The minimum Gasteiger partial charge on any atom is -0.396 e. The van der Waals surface area contributed by atoms with Crippen LogP contribution in [0.15, 0.2) is 6.20 Å². The van der Waals surface area contributed by atoms with Gasteiger partial charge in [0.1, 0.15) is 10.8 Å². The number of hydrogen-bond donors (Lipinski definition) is 3. The quantitative estimate of drug-likeness (QED) is 0.638. The predicted molar refractivity (Wildman–Crippen MR) is 66.0 cm³/mol. The van der Waals surface area contributed by atoms with Crippen molar-refractivity contribution in [1.29, 1.82) is 0 Å². The summed E-state index contributed by atoms with van der Waals surface area (Å²) in [5, 5.41) is 15.3. The van der Waals surface area contributed by atoms with Gasteiger partial charge < -0.3 is 15.7 Å². The second-order valence-electron chi connectivity index (χ2n) is 3.28. The highest BCUT2D eigenvalue weighted by Gasteiger charge is 2.03. The van der Waals surface area contributed by atoms with Crippen molar-refractivity contribution in [1.82, 2.24) is 9.97 Å². The lowest BCUT2D eigenvalue weighted by Gasteiger charge is -2.08. The second kappa shape index (κ2) is 7.24. The average molecular weight is 245 g/mol. The maximum absolute atomic E-state index is 8.64. The van der Waals surface area contributed by atoms with Gasteiger partial charge in [-0.3, -0.25) is 0 Å². The van der Waals surface area contributed by atoms with Crippen LogP contribution in [0.25, 0.3) is 0 Å². The number of hydrogen-bond acceptors (Lipinski definition) is 5. The minimum atomic E-state index is 0.210. The molecule has 16 heavy (non-hydrogen) atoms. The molecule has 0 aliphatic heterocycles. The topological polar surface area (TPSA) is 70.1 Å². The van der Waals surface area contributed by atoms with Crippen molar-refractivity contribution >= 4 is 23.4 Å². The Balaban J connectivity index is 2.52. The largest absolute Gasteiger partial charge is 0.396 e. The summed E-state index contributed by atoms with van der Waals surface area (Å²) in [6.07, 6.45) is 3.23. The Morgan fingerprint density at radius 3 is 2.88 bits per heavy atom. The van der Waals surface area contributed by atoms with E-state index in [4.69, 9.17) is 16.7 Å². The summed E-state index contributed by atoms with van der Waals surface area (Å²) < 4.78 is 0. The van der Waals surface area contributed by atoms with Crippen LogP contribution in [-0.2, 0) is 0 Å². The second-order valence-corrected chi connectivity index (χ2v) is 3.69. The third kappa shape index (κ3) is 4.20. The zero-order valence-corrected chi connectivity index (χ0v) is 10.1. The highest BCUT2D eigenvalue weighted by molar-refractivity contribution is 6.32. The Morgan fingerprint density at radius 1 is 1.38 bits per heavy atom. The van der Waals surface area contributed by atoms with Crippen LogP contribution in [0.4, 0.5) is 11.8 Å². The van der Waals surface area contributed by atoms with Gasteiger partial charge in [-0.2, -0.15) is 4.98 Å². The van der Waals surface area contributed by atoms with Crippen molar-refractivity contribution in [3.63, 3.8) is 0 Å². The fraction of sp³-hybridized carbons (Fsp3) is 0.600. The highest BCUT2D eigenvalue weighted by Crippen LogP contribution is 2.19. The van der Waals surface area contributed by atoms with Gasteiger partial charge in [0.25, 0.3) is 0 Å². The fourth-order valence-electron chi connectivity index (χ4n) is 1.18. The van der Waals surface area contributed by atoms with Crippen LogP contribution in [-0.4, -0.2) is 34.8 Å². The van der Waals surface area contributed by atoms with Gasteiger partial charge in [0.05, 0.1) is 6.20 Å². The van der Waals surface area contributed by atoms with Gasteiger partial charge in [-0.1, -0.05) is 11.6 Å². The van der Waals surface area contributed by atoms with Crippen LogP contribution in [0, 0.1) is 0 Å². The molecule has 0 saturated heterocycles. The molecule has 0 saturated carbocycles. The average Bonchev–Trinajstić information content (AvgIpc) is 2.29. The number of aliphatic hydroxyl groups excluding tert-OH is 1. The molecule has 0 unspecified atom stereocenters. The number of halogens is 1. The Bertz CT molecular complexity index is 322. The lowest BCUT2D eigenvalue weighted by atomic mass is 10.3. The van der Waals surface area contributed by atoms with Crippen molar-refractivity contribution in [2.75, 3.05) is 30.3 Å². The zero-order chi connectivity index (χ0) is 11.8. The van der Waals surface area contributed by atoms with E-state index in [-0.39, 0.29) is 6.61 Å². The maximum atomic E-state index is 8.64. The summed E-state index contributed by atoms with van der Waals surface area (Å²) in [7, 11) is 0. The summed E-state index contributed by atoms with van der Waals surface area (Å²) >= 11 is 5.94. The minimum absolute atomic E-state index is 0.210. The molecule has 1 rings (SSSR count). The van der Waals surface area contributed by atoms with Gasteiger partial charge >= 0.3 is 0 Å². The van der Waals surface area contributed by atoms with Gasteiger partial charge in [-0.05, 0) is 19.8 Å². The molecular formula is C10H17ClN4O. The van der Waals surface area contributed by atoms with Gasteiger partial charge in [-0.15, -0.1) is 0 Å². The monoisotopic (exact) mass is 244 g/mol. The normalized spacial score (nSPS) is 10.2. The van der Waals surface area contributed by atoms with Gasteiger partial charge in [-0.25, -0.2) is 4.98 Å². The van der Waals surface area contributed by atoms with E-state index in [2.05, 4.69) is 20.6 Å². The highest BCUT2D eigenvalue weighted by atomic mass is 35.5.